The summed E-state index contributed by atoms with van der Waals surface area (Å²) in [5.41, 5.74) is 1.33. The molecule has 0 aliphatic rings. The monoisotopic (exact) mass is 323 g/mol. The largest absolute Gasteiger partial charge is 0.479 e. The molecule has 21 heavy (non-hydrogen) atoms. The van der Waals surface area contributed by atoms with E-state index in [2.05, 4.69) is 19.9 Å². The molecule has 0 radical (unpaired) electrons. The second kappa shape index (κ2) is 5.57. The van der Waals surface area contributed by atoms with Gasteiger partial charge >= 0.3 is 0 Å². The molecular formula is C13H14ClN5OS. The van der Waals surface area contributed by atoms with Crippen LogP contribution in [-0.4, -0.2) is 31.6 Å². The molecule has 0 saturated carbocycles. The quantitative estimate of drug-likeness (QED) is 0.691. The maximum atomic E-state index is 6.26. The van der Waals surface area contributed by atoms with E-state index >= 15 is 0 Å². The molecule has 110 valence electrons. The van der Waals surface area contributed by atoms with Crippen LogP contribution < -0.4 is 4.74 Å². The van der Waals surface area contributed by atoms with Crippen molar-refractivity contribution < 1.29 is 4.74 Å². The van der Waals surface area contributed by atoms with E-state index in [0.29, 0.717) is 23.6 Å². The topological polar surface area (TPSA) is 65.7 Å². The predicted octanol–water partition coefficient (Wildman–Crippen LogP) is 2.95. The number of thiazole rings is 1. The van der Waals surface area contributed by atoms with Crippen LogP contribution >= 0.6 is 22.9 Å². The van der Waals surface area contributed by atoms with Crippen LogP contribution in [-0.2, 0) is 6.54 Å². The van der Waals surface area contributed by atoms with E-state index in [1.165, 1.54) is 11.2 Å². The molecule has 0 fully saturated rings. The van der Waals surface area contributed by atoms with Gasteiger partial charge in [0.05, 0.1) is 19.0 Å². The van der Waals surface area contributed by atoms with Crippen LogP contribution in [0.1, 0.15) is 28.0 Å². The fourth-order valence-corrected chi connectivity index (χ4v) is 3.09. The molecule has 0 bridgehead atoms. The summed E-state index contributed by atoms with van der Waals surface area (Å²) in [6, 6.07) is 0. The molecule has 0 saturated heterocycles. The highest BCUT2D eigenvalue weighted by Crippen LogP contribution is 2.28. The maximum Gasteiger partial charge on any atom is 0.245 e. The number of nitrogens with zero attached hydrogens (tertiary/aromatic N) is 5. The molecule has 1 atom stereocenters. The Morgan fingerprint density at radius 2 is 2.19 bits per heavy atom. The molecule has 8 heteroatoms. The fraction of sp³-hybridized carbons (Fsp3) is 0.385. The molecule has 0 aliphatic carbocycles. The molecular weight excluding hydrogens is 310 g/mol. The summed E-state index contributed by atoms with van der Waals surface area (Å²) in [6.07, 6.45) is 3.33. The second-order valence-electron chi connectivity index (χ2n) is 4.59. The first-order valence-corrected chi connectivity index (χ1v) is 7.66. The Morgan fingerprint density at radius 1 is 1.38 bits per heavy atom. The number of aryl methyl sites for hydroxylation is 1. The van der Waals surface area contributed by atoms with E-state index in [0.717, 1.165) is 10.8 Å². The van der Waals surface area contributed by atoms with Crippen LogP contribution in [0.3, 0.4) is 0 Å². The molecule has 0 spiro atoms. The van der Waals surface area contributed by atoms with Gasteiger partial charge in [-0.05, 0) is 13.8 Å². The molecule has 3 heterocycles. The summed E-state index contributed by atoms with van der Waals surface area (Å²) in [4.78, 5) is 18.5. The Hall–Kier alpha value is -1.73. The summed E-state index contributed by atoms with van der Waals surface area (Å²) in [5, 5.41) is 0.743. The lowest BCUT2D eigenvalue weighted by atomic mass is 10.4. The van der Waals surface area contributed by atoms with Gasteiger partial charge < -0.3 is 9.30 Å². The van der Waals surface area contributed by atoms with Crippen LogP contribution in [0.4, 0.5) is 0 Å². The van der Waals surface area contributed by atoms with Crippen molar-refractivity contribution in [3.05, 3.63) is 28.2 Å². The van der Waals surface area contributed by atoms with Crippen molar-refractivity contribution >= 4 is 34.1 Å². The lowest BCUT2D eigenvalue weighted by Crippen LogP contribution is -2.06. The minimum atomic E-state index is -0.245. The number of ether oxygens (including phenoxy) is 1. The highest BCUT2D eigenvalue weighted by molar-refractivity contribution is 7.11. The average Bonchev–Trinajstić information content (AvgIpc) is 3.03. The van der Waals surface area contributed by atoms with Gasteiger partial charge in [0.15, 0.2) is 11.2 Å². The number of hydrogen-bond acceptors (Lipinski definition) is 6. The van der Waals surface area contributed by atoms with Gasteiger partial charge in [-0.25, -0.2) is 15.0 Å². The van der Waals surface area contributed by atoms with Gasteiger partial charge in [0.2, 0.25) is 5.88 Å². The summed E-state index contributed by atoms with van der Waals surface area (Å²) >= 11 is 7.90. The van der Waals surface area contributed by atoms with Crippen LogP contribution in [0.15, 0.2) is 12.5 Å². The molecule has 3 rings (SSSR count). The van der Waals surface area contributed by atoms with Crippen molar-refractivity contribution in [2.24, 2.45) is 0 Å². The SMILES string of the molecule is COc1ncnc2c1nc(C(C)Cl)n2Cc1ncc(C)s1. The second-order valence-corrected chi connectivity index (χ2v) is 6.57. The lowest BCUT2D eigenvalue weighted by Gasteiger charge is -2.07. The summed E-state index contributed by atoms with van der Waals surface area (Å²) in [7, 11) is 1.56. The zero-order chi connectivity index (χ0) is 15.0. The van der Waals surface area contributed by atoms with Crippen LogP contribution in [0.25, 0.3) is 11.2 Å². The smallest absolute Gasteiger partial charge is 0.245 e. The Bertz CT molecular complexity index is 782. The normalized spacial score (nSPS) is 12.8. The molecule has 0 aliphatic heterocycles. The third kappa shape index (κ3) is 2.58. The minimum Gasteiger partial charge on any atom is -0.479 e. The van der Waals surface area contributed by atoms with Gasteiger partial charge in [-0.2, -0.15) is 4.98 Å². The zero-order valence-electron chi connectivity index (χ0n) is 11.9. The van der Waals surface area contributed by atoms with Crippen molar-refractivity contribution in [3.63, 3.8) is 0 Å². The van der Waals surface area contributed by atoms with E-state index in [-0.39, 0.29) is 5.38 Å². The number of alkyl halides is 1. The highest BCUT2D eigenvalue weighted by atomic mass is 35.5. The number of rotatable bonds is 4. The Labute approximate surface area is 130 Å². The van der Waals surface area contributed by atoms with Gasteiger partial charge in [0.1, 0.15) is 17.2 Å². The number of hydrogen-bond donors (Lipinski definition) is 0. The maximum absolute atomic E-state index is 6.26. The fourth-order valence-electron chi connectivity index (χ4n) is 2.15. The molecule has 0 aromatic carbocycles. The Kier molecular flexibility index (Phi) is 3.77. The van der Waals surface area contributed by atoms with Crippen molar-refractivity contribution in [1.82, 2.24) is 24.5 Å². The van der Waals surface area contributed by atoms with Crippen molar-refractivity contribution in [1.29, 1.82) is 0 Å². The van der Waals surface area contributed by atoms with E-state index in [1.54, 1.807) is 18.4 Å². The number of aromatic nitrogens is 5. The van der Waals surface area contributed by atoms with Crippen molar-refractivity contribution in [2.45, 2.75) is 25.8 Å². The Morgan fingerprint density at radius 3 is 2.81 bits per heavy atom. The van der Waals surface area contributed by atoms with Gasteiger partial charge in [-0.1, -0.05) is 0 Å². The van der Waals surface area contributed by atoms with Gasteiger partial charge in [0, 0.05) is 11.1 Å². The number of imidazole rings is 1. The third-order valence-corrected chi connectivity index (χ3v) is 4.13. The molecule has 6 nitrogen and oxygen atoms in total. The molecule has 0 N–H and O–H groups in total. The van der Waals surface area contributed by atoms with Crippen LogP contribution in [0.5, 0.6) is 5.88 Å². The van der Waals surface area contributed by atoms with Crippen LogP contribution in [0, 0.1) is 6.92 Å². The summed E-state index contributed by atoms with van der Waals surface area (Å²) in [6.45, 7) is 4.50. The number of methoxy groups -OCH3 is 1. The third-order valence-electron chi connectivity index (χ3n) is 3.04. The van der Waals surface area contributed by atoms with Crippen molar-refractivity contribution in [3.8, 4) is 5.88 Å². The zero-order valence-corrected chi connectivity index (χ0v) is 13.4. The van der Waals surface area contributed by atoms with E-state index in [4.69, 9.17) is 16.3 Å². The van der Waals surface area contributed by atoms with E-state index in [9.17, 15) is 0 Å². The van der Waals surface area contributed by atoms with Crippen molar-refractivity contribution in [2.75, 3.05) is 7.11 Å². The molecule has 3 aromatic rings. The molecule has 1 unspecified atom stereocenters. The van der Waals surface area contributed by atoms with Crippen LogP contribution in [0.2, 0.25) is 0 Å². The van der Waals surface area contributed by atoms with Gasteiger partial charge in [-0.15, -0.1) is 22.9 Å². The molecule has 0 amide bonds. The number of halogens is 1. The summed E-state index contributed by atoms with van der Waals surface area (Å²) in [5.74, 6) is 1.19. The predicted molar refractivity (Wildman–Crippen MR) is 82.1 cm³/mol. The molecule has 3 aromatic heterocycles. The first kappa shape index (κ1) is 14.2. The standard InChI is InChI=1S/C13H14ClN5OS/c1-7-4-15-9(21-7)5-19-11(8(2)14)18-10-12(19)16-6-17-13(10)20-3/h4,6,8H,5H2,1-3H3. The first-order valence-electron chi connectivity index (χ1n) is 6.40. The Balaban J connectivity index is 2.16. The number of fused-ring (bicyclic) bond motifs is 1. The summed E-state index contributed by atoms with van der Waals surface area (Å²) < 4.78 is 7.21. The van der Waals surface area contributed by atoms with E-state index < -0.39 is 0 Å². The van der Waals surface area contributed by atoms with E-state index in [1.807, 2.05) is 24.6 Å². The minimum absolute atomic E-state index is 0.245. The highest BCUT2D eigenvalue weighted by Gasteiger charge is 2.20. The lowest BCUT2D eigenvalue weighted by molar-refractivity contribution is 0.401. The van der Waals surface area contributed by atoms with Gasteiger partial charge in [0.25, 0.3) is 0 Å². The average molecular weight is 324 g/mol. The van der Waals surface area contributed by atoms with Gasteiger partial charge in [-0.3, -0.25) is 0 Å². The first-order chi connectivity index (χ1) is 10.1.